The van der Waals surface area contributed by atoms with Crippen molar-refractivity contribution in [3.8, 4) is 0 Å². The number of rotatable bonds is 4. The molecule has 0 unspecified atom stereocenters. The van der Waals surface area contributed by atoms with Crippen molar-refractivity contribution in [3.05, 3.63) is 0 Å². The number of halogens is 3. The van der Waals surface area contributed by atoms with Gasteiger partial charge in [-0.2, -0.15) is 13.2 Å². The van der Waals surface area contributed by atoms with Gasteiger partial charge in [0, 0.05) is 12.3 Å². The Bertz CT molecular complexity index is 235. The third kappa shape index (κ3) is 3.76. The van der Waals surface area contributed by atoms with Gasteiger partial charge in [-0.15, -0.1) is 0 Å². The fraction of sp³-hybridized carbons (Fsp3) is 0.750. The number of carbonyl (C=O) groups is 2. The number of hydrogen-bond acceptors (Lipinski definition) is 2. The summed E-state index contributed by atoms with van der Waals surface area (Å²) in [6.45, 7) is 2.88. The van der Waals surface area contributed by atoms with E-state index >= 15 is 0 Å². The summed E-state index contributed by atoms with van der Waals surface area (Å²) in [5.41, 5.74) is 4.75. The second-order valence-corrected chi connectivity index (χ2v) is 3.38. The predicted octanol–water partition coefficient (Wildman–Crippen LogP) is 1.27. The fourth-order valence-electron chi connectivity index (χ4n) is 1.06. The number of alkyl halides is 3. The molecule has 0 heterocycles. The summed E-state index contributed by atoms with van der Waals surface area (Å²) in [4.78, 5) is 21.3. The molecule has 0 spiro atoms. The third-order valence-corrected chi connectivity index (χ3v) is 1.84. The molecule has 0 aliphatic heterocycles. The number of nitrogens with two attached hydrogens (primary N) is 1. The van der Waals surface area contributed by atoms with E-state index in [9.17, 15) is 22.8 Å². The molecule has 0 rings (SSSR count). The minimum atomic E-state index is -4.90. The molecule has 0 radical (unpaired) electrons. The molecule has 0 bridgehead atoms. The topological polar surface area (TPSA) is 60.2 Å². The second kappa shape index (κ2) is 4.43. The van der Waals surface area contributed by atoms with Crippen LogP contribution in [0.1, 0.15) is 20.3 Å². The number of amides is 1. The molecule has 0 aliphatic rings. The standard InChI is InChI=1S/C8H12F3NO2/c1-4(2)5(3-6(12)13)7(14)8(9,10)11/h4-5H,3H2,1-2H3,(H2,12,13)/t5-/m0/s1. The van der Waals surface area contributed by atoms with Crippen LogP contribution in [0.15, 0.2) is 0 Å². The maximum absolute atomic E-state index is 12.0. The van der Waals surface area contributed by atoms with E-state index in [1.807, 2.05) is 0 Å². The number of carbonyl (C=O) groups excluding carboxylic acids is 2. The minimum absolute atomic E-state index is 0.559. The average molecular weight is 211 g/mol. The SMILES string of the molecule is CC(C)[C@H](CC(N)=O)C(=O)C(F)(F)F. The number of hydrogen-bond donors (Lipinski definition) is 1. The van der Waals surface area contributed by atoms with Crippen molar-refractivity contribution in [3.63, 3.8) is 0 Å². The Kier molecular flexibility index (Phi) is 4.09. The summed E-state index contributed by atoms with van der Waals surface area (Å²) in [7, 11) is 0. The van der Waals surface area contributed by atoms with Gasteiger partial charge in [-0.1, -0.05) is 13.8 Å². The molecule has 0 aliphatic carbocycles. The fourth-order valence-corrected chi connectivity index (χ4v) is 1.06. The molecule has 1 amide bonds. The van der Waals surface area contributed by atoms with Crippen LogP contribution in [0.5, 0.6) is 0 Å². The van der Waals surface area contributed by atoms with Crippen molar-refractivity contribution in [1.82, 2.24) is 0 Å². The van der Waals surface area contributed by atoms with E-state index in [2.05, 4.69) is 0 Å². The van der Waals surface area contributed by atoms with E-state index in [4.69, 9.17) is 5.73 Å². The van der Waals surface area contributed by atoms with Crippen molar-refractivity contribution in [1.29, 1.82) is 0 Å². The first kappa shape index (κ1) is 12.9. The molecule has 0 aromatic carbocycles. The van der Waals surface area contributed by atoms with Crippen molar-refractivity contribution in [2.75, 3.05) is 0 Å². The van der Waals surface area contributed by atoms with Gasteiger partial charge < -0.3 is 5.73 Å². The van der Waals surface area contributed by atoms with Gasteiger partial charge in [-0.05, 0) is 5.92 Å². The first-order valence-electron chi connectivity index (χ1n) is 4.05. The Balaban J connectivity index is 4.67. The molecule has 3 nitrogen and oxygen atoms in total. The Morgan fingerprint density at radius 3 is 1.93 bits per heavy atom. The predicted molar refractivity (Wildman–Crippen MR) is 43.2 cm³/mol. The lowest BCUT2D eigenvalue weighted by atomic mass is 9.88. The maximum Gasteiger partial charge on any atom is 0.450 e. The van der Waals surface area contributed by atoms with Crippen LogP contribution in [0.25, 0.3) is 0 Å². The first-order chi connectivity index (χ1) is 6.16. The van der Waals surface area contributed by atoms with Crippen LogP contribution in [-0.2, 0) is 9.59 Å². The Labute approximate surface area is 79.5 Å². The third-order valence-electron chi connectivity index (χ3n) is 1.84. The van der Waals surface area contributed by atoms with Crippen molar-refractivity contribution in [2.45, 2.75) is 26.4 Å². The van der Waals surface area contributed by atoms with Gasteiger partial charge >= 0.3 is 6.18 Å². The van der Waals surface area contributed by atoms with Crippen molar-refractivity contribution >= 4 is 11.7 Å². The van der Waals surface area contributed by atoms with E-state index in [0.29, 0.717) is 0 Å². The molecule has 1 atom stereocenters. The van der Waals surface area contributed by atoms with Crippen LogP contribution in [-0.4, -0.2) is 17.9 Å². The van der Waals surface area contributed by atoms with E-state index in [-0.39, 0.29) is 0 Å². The number of ketones is 1. The quantitative estimate of drug-likeness (QED) is 0.761. The average Bonchev–Trinajstić information content (AvgIpc) is 1.96. The van der Waals surface area contributed by atoms with Crippen molar-refractivity contribution in [2.24, 2.45) is 17.6 Å². The van der Waals surface area contributed by atoms with Crippen LogP contribution in [0.4, 0.5) is 13.2 Å². The van der Waals surface area contributed by atoms with Crippen LogP contribution < -0.4 is 5.73 Å². The highest BCUT2D eigenvalue weighted by atomic mass is 19.4. The normalized spacial score (nSPS) is 14.1. The van der Waals surface area contributed by atoms with Crippen LogP contribution >= 0.6 is 0 Å². The highest BCUT2D eigenvalue weighted by Gasteiger charge is 2.44. The maximum atomic E-state index is 12.0. The summed E-state index contributed by atoms with van der Waals surface area (Å²) >= 11 is 0. The molecular formula is C8H12F3NO2. The zero-order chi connectivity index (χ0) is 11.5. The Morgan fingerprint density at radius 2 is 1.71 bits per heavy atom. The molecule has 0 aromatic rings. The molecule has 2 N–H and O–H groups in total. The lowest BCUT2D eigenvalue weighted by Crippen LogP contribution is -2.36. The molecule has 0 aromatic heterocycles. The smallest absolute Gasteiger partial charge is 0.370 e. The zero-order valence-electron chi connectivity index (χ0n) is 7.89. The van der Waals surface area contributed by atoms with Gasteiger partial charge in [-0.3, -0.25) is 9.59 Å². The molecule has 6 heteroatoms. The van der Waals surface area contributed by atoms with Crippen LogP contribution in [0.2, 0.25) is 0 Å². The van der Waals surface area contributed by atoms with Gasteiger partial charge in [0.05, 0.1) is 0 Å². The second-order valence-electron chi connectivity index (χ2n) is 3.38. The summed E-state index contributed by atoms with van der Waals surface area (Å²) in [5.74, 6) is -4.71. The summed E-state index contributed by atoms with van der Waals surface area (Å²) in [6, 6.07) is 0. The minimum Gasteiger partial charge on any atom is -0.370 e. The molecule has 0 saturated carbocycles. The lowest BCUT2D eigenvalue weighted by Gasteiger charge is -2.19. The van der Waals surface area contributed by atoms with Crippen LogP contribution in [0.3, 0.4) is 0 Å². The van der Waals surface area contributed by atoms with Crippen LogP contribution in [0, 0.1) is 11.8 Å². The lowest BCUT2D eigenvalue weighted by molar-refractivity contribution is -0.177. The van der Waals surface area contributed by atoms with Gasteiger partial charge in [0.1, 0.15) is 0 Å². The molecule has 0 saturated heterocycles. The van der Waals surface area contributed by atoms with Gasteiger partial charge in [0.15, 0.2) is 0 Å². The Hall–Kier alpha value is -1.07. The molecule has 14 heavy (non-hydrogen) atoms. The summed E-state index contributed by atoms with van der Waals surface area (Å²) in [6.07, 6.45) is -5.46. The van der Waals surface area contributed by atoms with E-state index in [1.54, 1.807) is 0 Å². The number of primary amides is 1. The zero-order valence-corrected chi connectivity index (χ0v) is 7.89. The van der Waals surface area contributed by atoms with Gasteiger partial charge in [0.25, 0.3) is 0 Å². The first-order valence-corrected chi connectivity index (χ1v) is 4.05. The Morgan fingerprint density at radius 1 is 1.29 bits per heavy atom. The summed E-state index contributed by atoms with van der Waals surface area (Å²) < 4.78 is 36.0. The van der Waals surface area contributed by atoms with Gasteiger partial charge in [-0.25, -0.2) is 0 Å². The summed E-state index contributed by atoms with van der Waals surface area (Å²) in [5, 5.41) is 0. The number of Topliss-reactive ketones (excluding diaryl/α,β-unsaturated/α-hetero) is 1. The van der Waals surface area contributed by atoms with E-state index in [0.717, 1.165) is 0 Å². The largest absolute Gasteiger partial charge is 0.450 e. The van der Waals surface area contributed by atoms with Gasteiger partial charge in [0.2, 0.25) is 11.7 Å². The van der Waals surface area contributed by atoms with E-state index in [1.165, 1.54) is 13.8 Å². The van der Waals surface area contributed by atoms with Crippen molar-refractivity contribution < 1.29 is 22.8 Å². The highest BCUT2D eigenvalue weighted by Crippen LogP contribution is 2.27. The molecule has 82 valence electrons. The monoisotopic (exact) mass is 211 g/mol. The van der Waals surface area contributed by atoms with E-state index < -0.39 is 36.1 Å². The molecule has 0 fully saturated rings. The highest BCUT2D eigenvalue weighted by molar-refractivity contribution is 5.90. The molecular weight excluding hydrogens is 199 g/mol.